The summed E-state index contributed by atoms with van der Waals surface area (Å²) in [6, 6.07) is 8.16. The first-order valence-electron chi connectivity index (χ1n) is 12.4. The number of H-pyrrole nitrogens is 1. The number of urea groups is 1. The van der Waals surface area contributed by atoms with E-state index >= 15 is 0 Å². The number of pyridine rings is 1. The number of hydrogen-bond acceptors (Lipinski definition) is 5. The molecule has 1 aromatic carbocycles. The predicted molar refractivity (Wildman–Crippen MR) is 137 cm³/mol. The Balaban J connectivity index is 1.22. The third kappa shape index (κ3) is 5.83. The number of rotatable bonds is 4. The Morgan fingerprint density at radius 1 is 1.08 bits per heavy atom. The Labute approximate surface area is 213 Å². The highest BCUT2D eigenvalue weighted by Crippen LogP contribution is 2.31. The second-order valence-corrected chi connectivity index (χ2v) is 10.2. The lowest BCUT2D eigenvalue weighted by molar-refractivity contribution is -0.137. The lowest BCUT2D eigenvalue weighted by atomic mass is 9.92. The normalized spacial score (nSPS) is 20.7. The van der Waals surface area contributed by atoms with Crippen LogP contribution in [-0.4, -0.2) is 65.3 Å². The fourth-order valence-electron chi connectivity index (χ4n) is 5.12. The van der Waals surface area contributed by atoms with Crippen molar-refractivity contribution in [3.63, 3.8) is 0 Å². The molecular formula is C26H31F3N6O2. The highest BCUT2D eigenvalue weighted by atomic mass is 19.4. The van der Waals surface area contributed by atoms with E-state index in [9.17, 15) is 18.0 Å². The number of nitrogens with one attached hydrogen (secondary N) is 3. The zero-order valence-electron chi connectivity index (χ0n) is 20.9. The fraction of sp³-hybridized carbons (Fsp3) is 0.462. The van der Waals surface area contributed by atoms with Crippen molar-refractivity contribution < 1.29 is 22.7 Å². The van der Waals surface area contributed by atoms with Crippen LogP contribution in [0.4, 0.5) is 35.2 Å². The number of aromatic nitrogens is 2. The van der Waals surface area contributed by atoms with E-state index in [1.807, 2.05) is 12.1 Å². The SMILES string of the molecule is CC1(C)CC(N2CCN(c3ccc4[nH]cc(NC(=O)Nc5ccc(C(F)(F)F)cc5)c4n3)CC2)CCO1. The lowest BCUT2D eigenvalue weighted by Crippen LogP contribution is -2.54. The summed E-state index contributed by atoms with van der Waals surface area (Å²) in [5.74, 6) is 0.838. The van der Waals surface area contributed by atoms with Gasteiger partial charge >= 0.3 is 12.2 Å². The number of ether oxygens (including phenoxy) is 1. The van der Waals surface area contributed by atoms with E-state index < -0.39 is 17.8 Å². The molecule has 2 amide bonds. The molecule has 0 bridgehead atoms. The number of carbonyl (C=O) groups is 1. The number of benzene rings is 1. The smallest absolute Gasteiger partial charge is 0.375 e. The summed E-state index contributed by atoms with van der Waals surface area (Å²) in [7, 11) is 0. The quantitative estimate of drug-likeness (QED) is 0.438. The predicted octanol–water partition coefficient (Wildman–Crippen LogP) is 5.31. The van der Waals surface area contributed by atoms with E-state index in [4.69, 9.17) is 9.72 Å². The summed E-state index contributed by atoms with van der Waals surface area (Å²) in [5.41, 5.74) is 1.28. The van der Waals surface area contributed by atoms with Gasteiger partial charge in [0.1, 0.15) is 11.3 Å². The second kappa shape index (κ2) is 9.86. The van der Waals surface area contributed by atoms with Crippen molar-refractivity contribution >= 4 is 34.3 Å². The van der Waals surface area contributed by atoms with Gasteiger partial charge < -0.3 is 25.3 Å². The van der Waals surface area contributed by atoms with E-state index in [0.29, 0.717) is 17.2 Å². The van der Waals surface area contributed by atoms with Gasteiger partial charge in [-0.15, -0.1) is 0 Å². The van der Waals surface area contributed by atoms with Gasteiger partial charge in [-0.05, 0) is 63.1 Å². The van der Waals surface area contributed by atoms with Crippen LogP contribution >= 0.6 is 0 Å². The van der Waals surface area contributed by atoms with Crippen molar-refractivity contribution in [2.24, 2.45) is 0 Å². The average Bonchev–Trinajstić information content (AvgIpc) is 3.25. The van der Waals surface area contributed by atoms with Crippen molar-refractivity contribution in [1.82, 2.24) is 14.9 Å². The van der Waals surface area contributed by atoms with Gasteiger partial charge in [0.25, 0.3) is 0 Å². The first-order valence-corrected chi connectivity index (χ1v) is 12.4. The Morgan fingerprint density at radius 3 is 2.49 bits per heavy atom. The van der Waals surface area contributed by atoms with Crippen molar-refractivity contribution in [3.05, 3.63) is 48.2 Å². The van der Waals surface area contributed by atoms with Crippen molar-refractivity contribution in [2.75, 3.05) is 48.3 Å². The van der Waals surface area contributed by atoms with Gasteiger partial charge in [0, 0.05) is 50.7 Å². The van der Waals surface area contributed by atoms with E-state index in [1.165, 1.54) is 12.1 Å². The molecule has 1 atom stereocenters. The Kier molecular flexibility index (Phi) is 6.76. The molecular weight excluding hydrogens is 485 g/mol. The standard InChI is InChI=1S/C26H31F3N6O2/c1-25(2)15-19(9-14-37-25)34-10-12-35(13-11-34)22-8-7-20-23(33-22)21(16-30-20)32-24(36)31-18-5-3-17(4-6-18)26(27,28)29/h3-8,16,19,30H,9-15H2,1-2H3,(H2,31,32,36). The minimum atomic E-state index is -4.43. The molecule has 2 aliphatic heterocycles. The average molecular weight is 517 g/mol. The number of alkyl halides is 3. The number of hydrogen-bond donors (Lipinski definition) is 3. The van der Waals surface area contributed by atoms with Gasteiger partial charge in [-0.25, -0.2) is 9.78 Å². The second-order valence-electron chi connectivity index (χ2n) is 10.2. The molecule has 2 aliphatic rings. The summed E-state index contributed by atoms with van der Waals surface area (Å²) in [4.78, 5) is 25.2. The molecule has 0 aliphatic carbocycles. The third-order valence-corrected chi connectivity index (χ3v) is 7.05. The zero-order chi connectivity index (χ0) is 26.2. The zero-order valence-corrected chi connectivity index (χ0v) is 20.9. The van der Waals surface area contributed by atoms with Crippen LogP contribution in [0.2, 0.25) is 0 Å². The highest BCUT2D eigenvalue weighted by Gasteiger charge is 2.34. The van der Waals surface area contributed by atoms with Crippen LogP contribution < -0.4 is 15.5 Å². The molecule has 1 unspecified atom stereocenters. The van der Waals surface area contributed by atoms with Crippen LogP contribution in [0.3, 0.4) is 0 Å². The summed E-state index contributed by atoms with van der Waals surface area (Å²) in [6.45, 7) is 8.73. The first-order chi connectivity index (χ1) is 17.6. The molecule has 5 rings (SSSR count). The molecule has 8 nitrogen and oxygen atoms in total. The van der Waals surface area contributed by atoms with Crippen LogP contribution in [0.25, 0.3) is 11.0 Å². The molecule has 2 saturated heterocycles. The number of fused-ring (bicyclic) bond motifs is 1. The van der Waals surface area contributed by atoms with Gasteiger partial charge in [0.2, 0.25) is 0 Å². The molecule has 0 saturated carbocycles. The molecule has 37 heavy (non-hydrogen) atoms. The maximum absolute atomic E-state index is 12.8. The van der Waals surface area contributed by atoms with E-state index in [1.54, 1.807) is 6.20 Å². The van der Waals surface area contributed by atoms with Crippen LogP contribution in [-0.2, 0) is 10.9 Å². The first kappa shape index (κ1) is 25.3. The highest BCUT2D eigenvalue weighted by molar-refractivity contribution is 6.05. The number of aromatic amines is 1. The number of carbonyl (C=O) groups excluding carboxylic acids is 1. The minimum absolute atomic E-state index is 0.0802. The Morgan fingerprint density at radius 2 is 1.81 bits per heavy atom. The van der Waals surface area contributed by atoms with E-state index in [-0.39, 0.29) is 11.3 Å². The molecule has 11 heteroatoms. The van der Waals surface area contributed by atoms with Gasteiger partial charge in [-0.2, -0.15) is 13.2 Å². The fourth-order valence-corrected chi connectivity index (χ4v) is 5.12. The van der Waals surface area contributed by atoms with E-state index in [0.717, 1.165) is 69.1 Å². The maximum atomic E-state index is 12.8. The van der Waals surface area contributed by atoms with Crippen LogP contribution in [0, 0.1) is 0 Å². The van der Waals surface area contributed by atoms with Crippen molar-refractivity contribution in [2.45, 2.75) is 44.5 Å². The summed E-state index contributed by atoms with van der Waals surface area (Å²) >= 11 is 0. The number of amides is 2. The van der Waals surface area contributed by atoms with E-state index in [2.05, 4.69) is 39.3 Å². The van der Waals surface area contributed by atoms with Crippen molar-refractivity contribution in [3.8, 4) is 0 Å². The molecule has 3 N–H and O–H groups in total. The van der Waals surface area contributed by atoms with Crippen LogP contribution in [0.5, 0.6) is 0 Å². The number of nitrogens with zero attached hydrogens (tertiary/aromatic N) is 3. The lowest BCUT2D eigenvalue weighted by Gasteiger charge is -2.44. The minimum Gasteiger partial charge on any atom is -0.375 e. The van der Waals surface area contributed by atoms with Crippen LogP contribution in [0.1, 0.15) is 32.3 Å². The molecule has 0 spiro atoms. The summed E-state index contributed by atoms with van der Waals surface area (Å²) in [5, 5.41) is 5.30. The number of anilines is 3. The molecule has 2 aromatic heterocycles. The monoisotopic (exact) mass is 516 g/mol. The third-order valence-electron chi connectivity index (χ3n) is 7.05. The largest absolute Gasteiger partial charge is 0.416 e. The van der Waals surface area contributed by atoms with Gasteiger partial charge in [-0.1, -0.05) is 0 Å². The summed E-state index contributed by atoms with van der Waals surface area (Å²) < 4.78 is 44.2. The van der Waals surface area contributed by atoms with Gasteiger partial charge in [-0.3, -0.25) is 4.90 Å². The number of piperazine rings is 1. The Bertz CT molecular complexity index is 1250. The Hall–Kier alpha value is -3.31. The number of halogens is 3. The molecule has 0 radical (unpaired) electrons. The summed E-state index contributed by atoms with van der Waals surface area (Å²) in [6.07, 6.45) is -0.689. The van der Waals surface area contributed by atoms with Gasteiger partial charge in [0.15, 0.2) is 0 Å². The van der Waals surface area contributed by atoms with Crippen LogP contribution in [0.15, 0.2) is 42.6 Å². The topological polar surface area (TPSA) is 85.5 Å². The molecule has 3 aromatic rings. The maximum Gasteiger partial charge on any atom is 0.416 e. The van der Waals surface area contributed by atoms with Crippen molar-refractivity contribution in [1.29, 1.82) is 0 Å². The molecule has 4 heterocycles. The molecule has 198 valence electrons. The molecule has 2 fully saturated rings. The van der Waals surface area contributed by atoms with Gasteiger partial charge in [0.05, 0.1) is 22.4 Å².